The van der Waals surface area contributed by atoms with Crippen molar-refractivity contribution in [2.45, 2.75) is 37.6 Å². The predicted molar refractivity (Wildman–Crippen MR) is 261 cm³/mol. The Hall–Kier alpha value is -5.96. The van der Waals surface area contributed by atoms with Crippen molar-refractivity contribution in [1.82, 2.24) is 10.2 Å². The maximum atomic E-state index is 12.0. The molecule has 3 aromatic heterocycles. The van der Waals surface area contributed by atoms with Gasteiger partial charge in [-0.25, -0.2) is 0 Å². The van der Waals surface area contributed by atoms with E-state index in [-0.39, 0.29) is 24.0 Å². The summed E-state index contributed by atoms with van der Waals surface area (Å²) in [6, 6.07) is 36.1. The molecule has 2 amide bonds. The van der Waals surface area contributed by atoms with Crippen LogP contribution in [-0.4, -0.2) is 68.7 Å². The van der Waals surface area contributed by atoms with Crippen LogP contribution in [0.3, 0.4) is 0 Å². The Morgan fingerprint density at radius 3 is 2.19 bits per heavy atom. The van der Waals surface area contributed by atoms with Crippen molar-refractivity contribution in [2.75, 3.05) is 48.8 Å². The minimum atomic E-state index is -4.15. The van der Waals surface area contributed by atoms with E-state index in [0.29, 0.717) is 19.6 Å². The summed E-state index contributed by atoms with van der Waals surface area (Å²) in [5.41, 5.74) is 7.17. The number of amides is 2. The molecular weight excluding hydrogens is 859 g/mol. The molecule has 10 nitrogen and oxygen atoms in total. The van der Waals surface area contributed by atoms with Gasteiger partial charge >= 0.3 is 0 Å². The van der Waals surface area contributed by atoms with Gasteiger partial charge in [0, 0.05) is 102 Å². The number of benzene rings is 3. The highest BCUT2D eigenvalue weighted by molar-refractivity contribution is 7.85. The second-order valence-electron chi connectivity index (χ2n) is 16.0. The summed E-state index contributed by atoms with van der Waals surface area (Å²) in [5.74, 6) is -0.841. The Bertz CT molecular complexity index is 2760. The molecule has 0 bridgehead atoms. The highest BCUT2D eigenvalue weighted by Gasteiger charge is 2.47. The molecule has 2 aliphatic rings. The van der Waals surface area contributed by atoms with Gasteiger partial charge in [0.1, 0.15) is 6.54 Å². The van der Waals surface area contributed by atoms with Crippen LogP contribution in [0.1, 0.15) is 33.7 Å². The smallest absolute Gasteiger partial charge is 0.264 e. The molecule has 64 heavy (non-hydrogen) atoms. The van der Waals surface area contributed by atoms with Crippen LogP contribution in [-0.2, 0) is 44.5 Å². The number of pyridine rings is 1. The lowest BCUT2D eigenvalue weighted by Gasteiger charge is -2.34. The van der Waals surface area contributed by atoms with E-state index in [9.17, 15) is 22.6 Å². The zero-order valence-corrected chi connectivity index (χ0v) is 38.2. The average molecular weight is 911 g/mol. The van der Waals surface area contributed by atoms with Crippen LogP contribution in [0.25, 0.3) is 17.0 Å². The van der Waals surface area contributed by atoms with E-state index in [0.717, 1.165) is 71.6 Å². The summed E-state index contributed by atoms with van der Waals surface area (Å²) in [7, 11) is -2.07. The monoisotopic (exact) mass is 910 g/mol. The van der Waals surface area contributed by atoms with Gasteiger partial charge in [-0.05, 0) is 95.8 Å². The minimum Gasteiger partial charge on any atom is -0.345 e. The van der Waals surface area contributed by atoms with E-state index in [1.54, 1.807) is 22.7 Å². The number of rotatable bonds is 20. The number of para-hydroxylation sites is 2. The van der Waals surface area contributed by atoms with Crippen molar-refractivity contribution in [2.24, 2.45) is 0 Å². The SMILES string of the molecule is CN(c1ccccc1)c1ccc2c(c1)C(Cc1cccs1)(Cc1cccs1)\C(=C/C=C/C=C/c1cc[n+](CCCNCCN3C(=O)C=CC3=O)c3ccccc13)N2CCCS(=O)(=O)O. The van der Waals surface area contributed by atoms with Crippen molar-refractivity contribution in [3.63, 3.8) is 0 Å². The molecular formula is C51H52N5O5S3+. The largest absolute Gasteiger partial charge is 0.345 e. The normalized spacial score (nSPS) is 15.5. The number of hydrogen-bond donors (Lipinski definition) is 2. The number of hydrogen-bond acceptors (Lipinski definition) is 9. The molecule has 0 spiro atoms. The summed E-state index contributed by atoms with van der Waals surface area (Å²) < 4.78 is 36.1. The first-order chi connectivity index (χ1) is 31.1. The van der Waals surface area contributed by atoms with Crippen LogP contribution in [0.4, 0.5) is 17.1 Å². The van der Waals surface area contributed by atoms with Crippen LogP contribution >= 0.6 is 22.7 Å². The Labute approximate surface area is 383 Å². The highest BCUT2D eigenvalue weighted by Crippen LogP contribution is 2.54. The van der Waals surface area contributed by atoms with Gasteiger partial charge in [-0.2, -0.15) is 13.0 Å². The van der Waals surface area contributed by atoms with Gasteiger partial charge in [-0.3, -0.25) is 19.0 Å². The highest BCUT2D eigenvalue weighted by atomic mass is 32.2. The number of aryl methyl sites for hydroxylation is 1. The van der Waals surface area contributed by atoms with E-state index in [4.69, 9.17) is 0 Å². The number of anilines is 3. The summed E-state index contributed by atoms with van der Waals surface area (Å²) in [5, 5.41) is 8.74. The number of allylic oxidation sites excluding steroid dienone is 5. The third-order valence-corrected chi connectivity index (χ3v) is 14.4. The van der Waals surface area contributed by atoms with Crippen LogP contribution in [0.15, 0.2) is 162 Å². The van der Waals surface area contributed by atoms with Gasteiger partial charge in [0.15, 0.2) is 6.20 Å². The number of thiophene rings is 2. The summed E-state index contributed by atoms with van der Waals surface area (Å²) in [6.45, 7) is 2.88. The van der Waals surface area contributed by atoms with Crippen LogP contribution in [0, 0.1) is 0 Å². The lowest BCUT2D eigenvalue weighted by Crippen LogP contribution is -2.38. The minimum absolute atomic E-state index is 0.258. The zero-order chi connectivity index (χ0) is 44.5. The maximum Gasteiger partial charge on any atom is 0.264 e. The number of carbonyl (C=O) groups excluding carboxylic acids is 2. The molecule has 0 fully saturated rings. The first-order valence-electron chi connectivity index (χ1n) is 21.5. The van der Waals surface area contributed by atoms with Crippen LogP contribution in [0.5, 0.6) is 0 Å². The molecule has 13 heteroatoms. The Kier molecular flexibility index (Phi) is 14.1. The molecule has 5 heterocycles. The molecule has 6 aromatic rings. The molecule has 0 atom stereocenters. The van der Waals surface area contributed by atoms with Crippen molar-refractivity contribution >= 4 is 78.6 Å². The van der Waals surface area contributed by atoms with E-state index >= 15 is 0 Å². The number of nitrogens with one attached hydrogen (secondary N) is 1. The third-order valence-electron chi connectivity index (χ3n) is 11.9. The zero-order valence-electron chi connectivity index (χ0n) is 35.8. The first-order valence-corrected chi connectivity index (χ1v) is 24.9. The standard InChI is InChI=1S/C51H51N5O5S3/c1-53(40-15-5-3-6-16-40)41-22-23-47-45(36-41)51(37-42-17-10-33-62-42,38-43-18-11-34-63-43)48(55(47)30-13-35-64(59,60)61)21-7-2-4-14-39-26-31-54(46-20-9-8-19-44(39)46)29-12-27-52-28-32-56-49(57)24-25-50(56)58/h2-11,14-26,31,33-34,36,52H,12-13,27-30,32,35,37-38H2,1H3/p+1. The molecule has 3 aromatic carbocycles. The average Bonchev–Trinajstić information content (AvgIpc) is 4.12. The first kappa shape index (κ1) is 44.6. The van der Waals surface area contributed by atoms with Gasteiger partial charge in [0.2, 0.25) is 5.52 Å². The molecule has 0 unspecified atom stereocenters. The Morgan fingerprint density at radius 1 is 0.766 bits per heavy atom. The maximum absolute atomic E-state index is 12.0. The number of fused-ring (bicyclic) bond motifs is 2. The van der Waals surface area contributed by atoms with E-state index in [1.165, 1.54) is 32.4 Å². The molecule has 8 rings (SSSR count). The van der Waals surface area contributed by atoms with Gasteiger partial charge in [0.05, 0.1) is 11.1 Å². The van der Waals surface area contributed by atoms with Gasteiger partial charge in [-0.15, -0.1) is 22.7 Å². The molecule has 328 valence electrons. The molecule has 2 aliphatic heterocycles. The van der Waals surface area contributed by atoms with Gasteiger partial charge in [-0.1, -0.05) is 66.8 Å². The molecule has 2 N–H and O–H groups in total. The fraction of sp³-hybridized carbons (Fsp3) is 0.235. The Balaban J connectivity index is 1.09. The van der Waals surface area contributed by atoms with Crippen LogP contribution < -0.4 is 19.7 Å². The molecule has 0 radical (unpaired) electrons. The fourth-order valence-corrected chi connectivity index (χ4v) is 10.9. The van der Waals surface area contributed by atoms with E-state index < -0.39 is 15.5 Å². The van der Waals surface area contributed by atoms with E-state index in [2.05, 4.69) is 159 Å². The molecule has 0 aliphatic carbocycles. The van der Waals surface area contributed by atoms with Crippen molar-refractivity contribution in [3.8, 4) is 0 Å². The number of imide groups is 1. The lowest BCUT2D eigenvalue weighted by molar-refractivity contribution is -0.671. The van der Waals surface area contributed by atoms with Crippen molar-refractivity contribution < 1.29 is 27.1 Å². The number of carbonyl (C=O) groups is 2. The summed E-state index contributed by atoms with van der Waals surface area (Å²) in [6.07, 6.45) is 17.9. The summed E-state index contributed by atoms with van der Waals surface area (Å²) in [4.78, 5) is 31.9. The second kappa shape index (κ2) is 20.3. The van der Waals surface area contributed by atoms with Crippen molar-refractivity contribution in [3.05, 3.63) is 183 Å². The molecule has 0 saturated heterocycles. The van der Waals surface area contributed by atoms with Crippen molar-refractivity contribution in [1.29, 1.82) is 0 Å². The fourth-order valence-electron chi connectivity index (χ4n) is 8.79. The lowest BCUT2D eigenvalue weighted by atomic mass is 9.73. The molecule has 0 saturated carbocycles. The quantitative estimate of drug-likeness (QED) is 0.0257. The topological polar surface area (TPSA) is 114 Å². The summed E-state index contributed by atoms with van der Waals surface area (Å²) >= 11 is 3.49. The Morgan fingerprint density at radius 2 is 1.48 bits per heavy atom. The number of nitrogens with zero attached hydrogens (tertiary/aromatic N) is 4. The van der Waals surface area contributed by atoms with Crippen LogP contribution in [0.2, 0.25) is 0 Å². The van der Waals surface area contributed by atoms with E-state index in [1.807, 2.05) is 18.2 Å². The van der Waals surface area contributed by atoms with Gasteiger partial charge in [0.25, 0.3) is 21.9 Å². The third kappa shape index (κ3) is 10.4. The van der Waals surface area contributed by atoms with Gasteiger partial charge < -0.3 is 15.1 Å². The number of aromatic nitrogens is 1. The second-order valence-corrected chi connectivity index (χ2v) is 19.7. The predicted octanol–water partition coefficient (Wildman–Crippen LogP) is 8.90.